The van der Waals surface area contributed by atoms with Gasteiger partial charge in [0.25, 0.3) is 11.5 Å². The Balaban J connectivity index is 1.23. The molecular weight excluding hydrogens is 435 g/mol. The maximum absolute atomic E-state index is 13.8. The number of nitrogens with one attached hydrogen (secondary N) is 2. The van der Waals surface area contributed by atoms with Crippen LogP contribution in [-0.4, -0.2) is 24.7 Å². The number of carbonyl (C=O) groups excluding carboxylic acids is 1. The molecule has 1 aromatic carbocycles. The van der Waals surface area contributed by atoms with Crippen LogP contribution in [0.4, 0.5) is 4.39 Å². The fourth-order valence-corrected chi connectivity index (χ4v) is 3.69. The zero-order valence-electron chi connectivity index (χ0n) is 18.1. The number of rotatable bonds is 7. The van der Waals surface area contributed by atoms with Crippen molar-refractivity contribution in [1.29, 1.82) is 0 Å². The SMILES string of the molecule is O=C(NCc1cn2cc(CNCc3ccccc3F)ccc2n1)c1cc(=O)n2ccccc2n1. The Morgan fingerprint density at radius 1 is 0.912 bits per heavy atom. The van der Waals surface area contributed by atoms with E-state index < -0.39 is 5.91 Å². The van der Waals surface area contributed by atoms with Gasteiger partial charge in [-0.25, -0.2) is 14.4 Å². The molecule has 5 rings (SSSR count). The number of benzene rings is 1. The molecule has 0 saturated heterocycles. The molecule has 0 aliphatic carbocycles. The van der Waals surface area contributed by atoms with E-state index in [0.717, 1.165) is 11.2 Å². The van der Waals surface area contributed by atoms with Crippen molar-refractivity contribution in [1.82, 2.24) is 29.4 Å². The Bertz CT molecular complexity index is 1560. The lowest BCUT2D eigenvalue weighted by Crippen LogP contribution is -2.27. The zero-order chi connectivity index (χ0) is 23.5. The predicted molar refractivity (Wildman–Crippen MR) is 125 cm³/mol. The summed E-state index contributed by atoms with van der Waals surface area (Å²) >= 11 is 0. The molecule has 0 saturated carbocycles. The number of hydrogen-bond acceptors (Lipinski definition) is 5. The minimum absolute atomic E-state index is 0.0585. The van der Waals surface area contributed by atoms with Crippen LogP contribution in [0.3, 0.4) is 0 Å². The van der Waals surface area contributed by atoms with Gasteiger partial charge < -0.3 is 15.0 Å². The summed E-state index contributed by atoms with van der Waals surface area (Å²) in [7, 11) is 0. The van der Waals surface area contributed by atoms with Gasteiger partial charge in [-0.1, -0.05) is 30.3 Å². The maximum Gasteiger partial charge on any atom is 0.270 e. The van der Waals surface area contributed by atoms with Crippen molar-refractivity contribution in [3.8, 4) is 0 Å². The largest absolute Gasteiger partial charge is 0.345 e. The summed E-state index contributed by atoms with van der Waals surface area (Å²) < 4.78 is 17.0. The molecule has 0 aliphatic heterocycles. The molecular formula is C25H21FN6O2. The van der Waals surface area contributed by atoms with Crippen LogP contribution in [0.25, 0.3) is 11.3 Å². The lowest BCUT2D eigenvalue weighted by molar-refractivity contribution is 0.0945. The topological polar surface area (TPSA) is 92.8 Å². The number of nitrogens with zero attached hydrogens (tertiary/aromatic N) is 4. The van der Waals surface area contributed by atoms with Crippen LogP contribution in [0.1, 0.15) is 27.3 Å². The van der Waals surface area contributed by atoms with Gasteiger partial charge >= 0.3 is 0 Å². The Kier molecular flexibility index (Phi) is 5.84. The molecule has 0 radical (unpaired) electrons. The van der Waals surface area contributed by atoms with Crippen LogP contribution >= 0.6 is 0 Å². The first-order chi connectivity index (χ1) is 16.6. The van der Waals surface area contributed by atoms with Crippen molar-refractivity contribution in [3.05, 3.63) is 118 Å². The second kappa shape index (κ2) is 9.24. The summed E-state index contributed by atoms with van der Waals surface area (Å²) in [5.74, 6) is -0.672. The quantitative estimate of drug-likeness (QED) is 0.393. The molecule has 0 unspecified atom stereocenters. The Hall–Kier alpha value is -4.37. The average molecular weight is 456 g/mol. The first kappa shape index (κ1) is 21.5. The second-order valence-corrected chi connectivity index (χ2v) is 7.82. The van der Waals surface area contributed by atoms with Gasteiger partial charge in [-0.15, -0.1) is 0 Å². The molecule has 4 heterocycles. The van der Waals surface area contributed by atoms with E-state index in [1.54, 1.807) is 36.5 Å². The first-order valence-corrected chi connectivity index (χ1v) is 10.7. The lowest BCUT2D eigenvalue weighted by atomic mass is 10.2. The summed E-state index contributed by atoms with van der Waals surface area (Å²) in [4.78, 5) is 33.5. The molecule has 0 aliphatic rings. The van der Waals surface area contributed by atoms with E-state index >= 15 is 0 Å². The minimum atomic E-state index is -0.446. The van der Waals surface area contributed by atoms with Crippen LogP contribution in [-0.2, 0) is 19.6 Å². The van der Waals surface area contributed by atoms with Gasteiger partial charge in [0, 0.05) is 43.3 Å². The van der Waals surface area contributed by atoms with E-state index in [0.29, 0.717) is 30.0 Å². The molecule has 1 amide bonds. The van der Waals surface area contributed by atoms with Crippen molar-refractivity contribution < 1.29 is 9.18 Å². The minimum Gasteiger partial charge on any atom is -0.345 e. The molecule has 0 bridgehead atoms. The fraction of sp³-hybridized carbons (Fsp3) is 0.120. The van der Waals surface area contributed by atoms with Gasteiger partial charge in [0.05, 0.1) is 12.2 Å². The lowest BCUT2D eigenvalue weighted by Gasteiger charge is -2.06. The molecule has 0 fully saturated rings. The monoisotopic (exact) mass is 456 g/mol. The summed E-state index contributed by atoms with van der Waals surface area (Å²) in [6.45, 7) is 1.19. The van der Waals surface area contributed by atoms with Gasteiger partial charge in [-0.3, -0.25) is 14.0 Å². The fourth-order valence-electron chi connectivity index (χ4n) is 3.69. The molecule has 5 aromatic rings. The predicted octanol–water partition coefficient (Wildman–Crippen LogP) is 2.70. The molecule has 8 nitrogen and oxygen atoms in total. The highest BCUT2D eigenvalue weighted by Crippen LogP contribution is 2.10. The maximum atomic E-state index is 13.8. The van der Waals surface area contributed by atoms with Crippen molar-refractivity contribution in [3.63, 3.8) is 0 Å². The number of carbonyl (C=O) groups is 1. The van der Waals surface area contributed by atoms with E-state index in [-0.39, 0.29) is 23.6 Å². The third-order valence-electron chi connectivity index (χ3n) is 5.40. The number of hydrogen-bond donors (Lipinski definition) is 2. The van der Waals surface area contributed by atoms with Crippen LogP contribution < -0.4 is 16.2 Å². The highest BCUT2D eigenvalue weighted by molar-refractivity contribution is 5.92. The molecule has 34 heavy (non-hydrogen) atoms. The van der Waals surface area contributed by atoms with E-state index in [2.05, 4.69) is 20.6 Å². The molecule has 170 valence electrons. The molecule has 0 atom stereocenters. The summed E-state index contributed by atoms with van der Waals surface area (Å²) in [6.07, 6.45) is 5.37. The van der Waals surface area contributed by atoms with Crippen molar-refractivity contribution in [2.45, 2.75) is 19.6 Å². The van der Waals surface area contributed by atoms with Crippen molar-refractivity contribution in [2.75, 3.05) is 0 Å². The highest BCUT2D eigenvalue weighted by atomic mass is 19.1. The van der Waals surface area contributed by atoms with Gasteiger partial charge in [0.1, 0.15) is 22.8 Å². The number of amides is 1. The average Bonchev–Trinajstić information content (AvgIpc) is 3.26. The smallest absolute Gasteiger partial charge is 0.270 e. The molecule has 9 heteroatoms. The van der Waals surface area contributed by atoms with E-state index in [4.69, 9.17) is 0 Å². The summed E-state index contributed by atoms with van der Waals surface area (Å²) in [6, 6.07) is 16.9. The standard InChI is InChI=1S/C25H21FN6O2/c26-20-6-2-1-5-18(20)13-27-12-17-8-9-22-29-19(16-31(22)15-17)14-28-25(34)21-11-24(33)32-10-4-3-7-23(32)30-21/h1-11,15-16,27H,12-14H2,(H,28,34). The second-order valence-electron chi connectivity index (χ2n) is 7.82. The number of halogens is 1. The van der Waals surface area contributed by atoms with Gasteiger partial charge in [-0.05, 0) is 29.8 Å². The third kappa shape index (κ3) is 4.55. The normalized spacial score (nSPS) is 11.2. The van der Waals surface area contributed by atoms with Crippen LogP contribution in [0, 0.1) is 5.82 Å². The first-order valence-electron chi connectivity index (χ1n) is 10.7. The zero-order valence-corrected chi connectivity index (χ0v) is 18.1. The van der Waals surface area contributed by atoms with Crippen molar-refractivity contribution >= 4 is 17.2 Å². The summed E-state index contributed by atoms with van der Waals surface area (Å²) in [5.41, 5.74) is 3.18. The van der Waals surface area contributed by atoms with E-state index in [9.17, 15) is 14.0 Å². The molecule has 2 N–H and O–H groups in total. The highest BCUT2D eigenvalue weighted by Gasteiger charge is 2.11. The van der Waals surface area contributed by atoms with E-state index in [1.165, 1.54) is 16.5 Å². The Morgan fingerprint density at radius 2 is 1.76 bits per heavy atom. The number of fused-ring (bicyclic) bond motifs is 2. The van der Waals surface area contributed by atoms with Gasteiger partial charge in [0.2, 0.25) is 0 Å². The number of pyridine rings is 2. The Labute approximate surface area is 193 Å². The third-order valence-corrected chi connectivity index (χ3v) is 5.40. The van der Waals surface area contributed by atoms with Crippen LogP contribution in [0.2, 0.25) is 0 Å². The molecule has 0 spiro atoms. The van der Waals surface area contributed by atoms with Crippen LogP contribution in [0.15, 0.2) is 84.0 Å². The number of imidazole rings is 1. The van der Waals surface area contributed by atoms with Gasteiger partial charge in [-0.2, -0.15) is 0 Å². The number of aromatic nitrogens is 4. The molecule has 4 aromatic heterocycles. The van der Waals surface area contributed by atoms with Crippen LogP contribution in [0.5, 0.6) is 0 Å². The summed E-state index contributed by atoms with van der Waals surface area (Å²) in [5, 5.41) is 6.01. The van der Waals surface area contributed by atoms with E-state index in [1.807, 2.05) is 35.0 Å². The van der Waals surface area contributed by atoms with Gasteiger partial charge in [0.15, 0.2) is 0 Å². The van der Waals surface area contributed by atoms with Crippen molar-refractivity contribution in [2.24, 2.45) is 0 Å². The Morgan fingerprint density at radius 3 is 2.65 bits per heavy atom.